The number of fused-ring (bicyclic) bond motifs is 11. The lowest BCUT2D eigenvalue weighted by atomic mass is 9.91. The summed E-state index contributed by atoms with van der Waals surface area (Å²) >= 11 is 1.86. The molecule has 14 aromatic carbocycles. The van der Waals surface area contributed by atoms with E-state index in [2.05, 4.69) is 301 Å². The normalized spacial score (nSPS) is 11.6. The molecule has 1 aromatic heterocycles. The van der Waals surface area contributed by atoms with Crippen molar-refractivity contribution in [2.75, 3.05) is 9.80 Å². The summed E-state index contributed by atoms with van der Waals surface area (Å²) in [5.41, 5.74) is 13.8. The van der Waals surface area contributed by atoms with Crippen LogP contribution in [0.1, 0.15) is 0 Å². The number of rotatable bonds is 9. The second kappa shape index (κ2) is 18.5. The van der Waals surface area contributed by atoms with Gasteiger partial charge in [0.25, 0.3) is 0 Å². The maximum Gasteiger partial charge on any atom is 0.0540 e. The molecule has 0 radical (unpaired) electrons. The van der Waals surface area contributed by atoms with Gasteiger partial charge in [0, 0.05) is 54.0 Å². The van der Waals surface area contributed by atoms with Crippen LogP contribution in [0.25, 0.3) is 107 Å². The van der Waals surface area contributed by atoms with Crippen LogP contribution < -0.4 is 9.80 Å². The molecule has 0 amide bonds. The minimum absolute atomic E-state index is 1.08. The Balaban J connectivity index is 0.815. The van der Waals surface area contributed by atoms with Crippen LogP contribution in [-0.2, 0) is 0 Å². The van der Waals surface area contributed by atoms with Gasteiger partial charge in [-0.3, -0.25) is 0 Å². The monoisotopic (exact) mass is 996 g/mol. The summed E-state index contributed by atoms with van der Waals surface area (Å²) in [4.78, 5) is 4.77. The lowest BCUT2D eigenvalue weighted by molar-refractivity contribution is 1.29. The van der Waals surface area contributed by atoms with E-state index >= 15 is 0 Å². The fraction of sp³-hybridized carbons (Fsp3) is 0. The second-order valence-corrected chi connectivity index (χ2v) is 21.1. The minimum Gasteiger partial charge on any atom is -0.310 e. The highest BCUT2D eigenvalue weighted by Gasteiger charge is 2.19. The van der Waals surface area contributed by atoms with Gasteiger partial charge in [-0.05, 0) is 167 Å². The molecule has 0 unspecified atom stereocenters. The molecule has 0 bridgehead atoms. The third-order valence-electron chi connectivity index (χ3n) is 15.6. The largest absolute Gasteiger partial charge is 0.310 e. The number of thiophene rings is 1. The fourth-order valence-electron chi connectivity index (χ4n) is 12.0. The number of hydrogen-bond donors (Lipinski definition) is 0. The Hall–Kier alpha value is -9.80. The van der Waals surface area contributed by atoms with Crippen molar-refractivity contribution in [3.8, 4) is 33.4 Å². The number of hydrogen-bond acceptors (Lipinski definition) is 3. The molecule has 77 heavy (non-hydrogen) atoms. The maximum atomic E-state index is 2.41. The third-order valence-corrected chi connectivity index (χ3v) is 16.8. The van der Waals surface area contributed by atoms with Crippen molar-refractivity contribution in [2.45, 2.75) is 0 Å². The van der Waals surface area contributed by atoms with E-state index in [0.29, 0.717) is 0 Å². The molecule has 0 spiro atoms. The summed E-state index contributed by atoms with van der Waals surface area (Å²) in [7, 11) is 0. The smallest absolute Gasteiger partial charge is 0.0540 e. The van der Waals surface area contributed by atoms with Crippen molar-refractivity contribution in [2.24, 2.45) is 0 Å². The molecule has 15 rings (SSSR count). The number of nitrogens with zero attached hydrogens (tertiary/aromatic N) is 2. The zero-order valence-electron chi connectivity index (χ0n) is 42.0. The van der Waals surface area contributed by atoms with Gasteiger partial charge in [0.2, 0.25) is 0 Å². The molecule has 3 heteroatoms. The van der Waals surface area contributed by atoms with Crippen LogP contribution in [0.2, 0.25) is 0 Å². The van der Waals surface area contributed by atoms with Gasteiger partial charge >= 0.3 is 0 Å². The summed E-state index contributed by atoms with van der Waals surface area (Å²) in [5, 5.41) is 15.1. The Labute approximate surface area is 451 Å². The quantitative estimate of drug-likeness (QED) is 0.133. The summed E-state index contributed by atoms with van der Waals surface area (Å²) in [6, 6.07) is 107. The van der Waals surface area contributed by atoms with Crippen LogP contribution in [0, 0.1) is 0 Å². The topological polar surface area (TPSA) is 6.48 Å². The highest BCUT2D eigenvalue weighted by atomic mass is 32.1. The molecule has 15 aromatic rings. The van der Waals surface area contributed by atoms with E-state index in [-0.39, 0.29) is 0 Å². The molecule has 0 aliphatic rings. The summed E-state index contributed by atoms with van der Waals surface area (Å²) in [5.74, 6) is 0. The van der Waals surface area contributed by atoms with Crippen LogP contribution in [0.15, 0.2) is 291 Å². The zero-order chi connectivity index (χ0) is 50.8. The predicted octanol–water partition coefficient (Wildman–Crippen LogP) is 21.8. The Morgan fingerprint density at radius 1 is 0.208 bits per heavy atom. The highest BCUT2D eigenvalue weighted by Crippen LogP contribution is 2.45. The second-order valence-electron chi connectivity index (χ2n) is 20.0. The Bertz CT molecular complexity index is 4690. The van der Waals surface area contributed by atoms with Crippen molar-refractivity contribution in [1.29, 1.82) is 0 Å². The molecule has 0 saturated heterocycles. The first-order valence-corrected chi connectivity index (χ1v) is 27.2. The third kappa shape index (κ3) is 7.70. The van der Waals surface area contributed by atoms with Crippen LogP contribution in [0.3, 0.4) is 0 Å². The molecule has 0 saturated carbocycles. The molecular formula is C74H48N2S. The molecule has 1 heterocycles. The van der Waals surface area contributed by atoms with Crippen LogP contribution in [0.5, 0.6) is 0 Å². The van der Waals surface area contributed by atoms with E-state index in [0.717, 1.165) is 45.3 Å². The van der Waals surface area contributed by atoms with Gasteiger partial charge < -0.3 is 9.80 Å². The Morgan fingerprint density at radius 3 is 1.27 bits per heavy atom. The van der Waals surface area contributed by atoms with Crippen LogP contribution >= 0.6 is 11.3 Å². The molecule has 2 nitrogen and oxygen atoms in total. The lowest BCUT2D eigenvalue weighted by Gasteiger charge is -2.27. The van der Waals surface area contributed by atoms with E-state index in [4.69, 9.17) is 0 Å². The lowest BCUT2D eigenvalue weighted by Crippen LogP contribution is -2.10. The van der Waals surface area contributed by atoms with E-state index < -0.39 is 0 Å². The van der Waals surface area contributed by atoms with Crippen molar-refractivity contribution in [3.63, 3.8) is 0 Å². The van der Waals surface area contributed by atoms with Crippen LogP contribution in [-0.4, -0.2) is 0 Å². The van der Waals surface area contributed by atoms with Crippen molar-refractivity contribution < 1.29 is 0 Å². The van der Waals surface area contributed by atoms with Crippen molar-refractivity contribution in [1.82, 2.24) is 0 Å². The van der Waals surface area contributed by atoms with Gasteiger partial charge in [0.15, 0.2) is 0 Å². The number of anilines is 6. The summed E-state index contributed by atoms with van der Waals surface area (Å²) < 4.78 is 2.65. The molecule has 0 fully saturated rings. The number of benzene rings is 14. The fourth-order valence-corrected chi connectivity index (χ4v) is 13.1. The molecule has 0 N–H and O–H groups in total. The molecule has 0 atom stereocenters. The van der Waals surface area contributed by atoms with Gasteiger partial charge in [-0.1, -0.05) is 206 Å². The van der Waals surface area contributed by atoms with E-state index in [1.807, 2.05) is 11.3 Å². The van der Waals surface area contributed by atoms with Crippen molar-refractivity contribution >= 4 is 119 Å². The standard InChI is InChI=1S/C74H48N2S/c1-2-17-54(18-3-1)76(72-27-14-16-51-15-4-5-19-61(51)72)57-38-31-50(32-39-57)49-29-36-55(37-30-49)75(58-42-43-68-66-24-9-8-22-64(66)65-23-10-11-25-67(65)70(68)48-58)56-40-33-52(34-41-56)59-44-45-60(63-21-7-6-20-62(59)63)53-35-46-74-71(47-53)69-26-12-13-28-73(69)77-74/h1-48H. The average Bonchev–Trinajstić information content (AvgIpc) is 3.89. The predicted molar refractivity (Wildman–Crippen MR) is 333 cm³/mol. The molecule has 0 aliphatic carbocycles. The number of para-hydroxylation sites is 1. The molecular weight excluding hydrogens is 949 g/mol. The van der Waals surface area contributed by atoms with Gasteiger partial charge in [0.05, 0.1) is 5.69 Å². The van der Waals surface area contributed by atoms with Crippen molar-refractivity contribution in [3.05, 3.63) is 291 Å². The van der Waals surface area contributed by atoms with Gasteiger partial charge in [-0.15, -0.1) is 11.3 Å². The average molecular weight is 997 g/mol. The SMILES string of the molecule is c1ccc(N(c2ccc(-c3ccc(N(c4ccc(-c5ccc(-c6ccc7sc8ccccc8c7c6)c6ccccc56)cc4)c4ccc5c6ccccc6c6ccccc6c5c4)cc3)cc2)c2cccc3ccccc23)cc1. The summed E-state index contributed by atoms with van der Waals surface area (Å²) in [6.07, 6.45) is 0. The molecule has 0 aliphatic heterocycles. The van der Waals surface area contributed by atoms with E-state index in [9.17, 15) is 0 Å². The first-order valence-electron chi connectivity index (χ1n) is 26.4. The summed E-state index contributed by atoms with van der Waals surface area (Å²) in [6.45, 7) is 0. The Morgan fingerprint density at radius 2 is 0.636 bits per heavy atom. The van der Waals surface area contributed by atoms with Gasteiger partial charge in [-0.25, -0.2) is 0 Å². The minimum atomic E-state index is 1.08. The first kappa shape index (κ1) is 44.7. The van der Waals surface area contributed by atoms with Crippen LogP contribution in [0.4, 0.5) is 34.1 Å². The Kier molecular flexibility index (Phi) is 10.8. The maximum absolute atomic E-state index is 2.41. The zero-order valence-corrected chi connectivity index (χ0v) is 42.8. The van der Waals surface area contributed by atoms with Gasteiger partial charge in [0.1, 0.15) is 0 Å². The van der Waals surface area contributed by atoms with Gasteiger partial charge in [-0.2, -0.15) is 0 Å². The highest BCUT2D eigenvalue weighted by molar-refractivity contribution is 7.25. The van der Waals surface area contributed by atoms with E-state index in [1.165, 1.54) is 96.3 Å². The first-order chi connectivity index (χ1) is 38.2. The van der Waals surface area contributed by atoms with E-state index in [1.54, 1.807) is 0 Å². The molecule has 360 valence electrons.